The van der Waals surface area contributed by atoms with Gasteiger partial charge in [0.05, 0.1) is 11.6 Å². The summed E-state index contributed by atoms with van der Waals surface area (Å²) in [6.45, 7) is 3.51. The third-order valence-corrected chi connectivity index (χ3v) is 2.01. The standard InChI is InChI=1S/C10H11F3N2/c1-2-9(15-14)7-3-5-8(6-4-7)10(11,12)13/h2-6,9,15H,1,14H2. The number of rotatable bonds is 3. The van der Waals surface area contributed by atoms with Crippen LogP contribution in [0.1, 0.15) is 17.2 Å². The number of nitrogens with two attached hydrogens (primary N) is 1. The molecule has 0 bridgehead atoms. The Morgan fingerprint density at radius 2 is 1.80 bits per heavy atom. The quantitative estimate of drug-likeness (QED) is 0.462. The largest absolute Gasteiger partial charge is 0.416 e. The predicted molar refractivity (Wildman–Crippen MR) is 51.7 cm³/mol. The van der Waals surface area contributed by atoms with E-state index in [2.05, 4.69) is 12.0 Å². The molecular formula is C10H11F3N2. The highest BCUT2D eigenvalue weighted by atomic mass is 19.4. The minimum atomic E-state index is -4.31. The normalized spacial score (nSPS) is 13.6. The first-order valence-corrected chi connectivity index (χ1v) is 4.25. The molecule has 2 nitrogen and oxygen atoms in total. The van der Waals surface area contributed by atoms with Crippen molar-refractivity contribution in [2.75, 3.05) is 0 Å². The highest BCUT2D eigenvalue weighted by molar-refractivity contribution is 5.28. The van der Waals surface area contributed by atoms with Crippen LogP contribution >= 0.6 is 0 Å². The van der Waals surface area contributed by atoms with Crippen LogP contribution in [-0.2, 0) is 6.18 Å². The fourth-order valence-electron chi connectivity index (χ4n) is 1.18. The van der Waals surface area contributed by atoms with Gasteiger partial charge in [-0.1, -0.05) is 18.2 Å². The summed E-state index contributed by atoms with van der Waals surface area (Å²) in [6, 6.07) is 4.43. The van der Waals surface area contributed by atoms with Gasteiger partial charge >= 0.3 is 6.18 Å². The minimum absolute atomic E-state index is 0.340. The van der Waals surface area contributed by atoms with Gasteiger partial charge in [-0.15, -0.1) is 6.58 Å². The Balaban J connectivity index is 2.94. The molecule has 1 rings (SSSR count). The number of hydrogen-bond acceptors (Lipinski definition) is 2. The Morgan fingerprint density at radius 1 is 1.27 bits per heavy atom. The van der Waals surface area contributed by atoms with Crippen molar-refractivity contribution in [2.45, 2.75) is 12.2 Å². The summed E-state index contributed by atoms with van der Waals surface area (Å²) in [4.78, 5) is 0. The van der Waals surface area contributed by atoms with E-state index in [1.807, 2.05) is 0 Å². The Bertz CT molecular complexity index is 330. The van der Waals surface area contributed by atoms with E-state index in [0.717, 1.165) is 12.1 Å². The van der Waals surface area contributed by atoms with Crippen molar-refractivity contribution < 1.29 is 13.2 Å². The smallest absolute Gasteiger partial charge is 0.271 e. The van der Waals surface area contributed by atoms with E-state index in [-0.39, 0.29) is 6.04 Å². The molecule has 0 fully saturated rings. The Morgan fingerprint density at radius 3 is 2.13 bits per heavy atom. The molecule has 0 aliphatic carbocycles. The zero-order chi connectivity index (χ0) is 11.5. The number of hydrazine groups is 1. The molecule has 1 atom stereocenters. The number of nitrogens with one attached hydrogen (secondary N) is 1. The van der Waals surface area contributed by atoms with Crippen molar-refractivity contribution in [1.82, 2.24) is 5.43 Å². The topological polar surface area (TPSA) is 38.0 Å². The van der Waals surface area contributed by atoms with Crippen LogP contribution in [0.2, 0.25) is 0 Å². The van der Waals surface area contributed by atoms with Gasteiger partial charge < -0.3 is 0 Å². The van der Waals surface area contributed by atoms with Crippen LogP contribution in [-0.4, -0.2) is 0 Å². The molecule has 15 heavy (non-hydrogen) atoms. The maximum absolute atomic E-state index is 12.2. The molecule has 5 heteroatoms. The Hall–Kier alpha value is -1.33. The van der Waals surface area contributed by atoms with Crippen LogP contribution in [0.15, 0.2) is 36.9 Å². The summed E-state index contributed by atoms with van der Waals surface area (Å²) in [5, 5.41) is 0. The van der Waals surface area contributed by atoms with E-state index in [0.29, 0.717) is 5.56 Å². The summed E-state index contributed by atoms with van der Waals surface area (Å²) in [5.74, 6) is 5.20. The van der Waals surface area contributed by atoms with E-state index in [4.69, 9.17) is 5.84 Å². The fourth-order valence-corrected chi connectivity index (χ4v) is 1.18. The average molecular weight is 216 g/mol. The van der Waals surface area contributed by atoms with Gasteiger partial charge in [0.15, 0.2) is 0 Å². The molecule has 82 valence electrons. The second-order valence-electron chi connectivity index (χ2n) is 3.00. The SMILES string of the molecule is C=CC(NN)c1ccc(C(F)(F)F)cc1. The molecular weight excluding hydrogens is 205 g/mol. The summed E-state index contributed by atoms with van der Waals surface area (Å²) in [6.07, 6.45) is -2.79. The molecule has 0 aromatic heterocycles. The molecule has 0 aliphatic rings. The number of benzene rings is 1. The van der Waals surface area contributed by atoms with E-state index >= 15 is 0 Å². The first-order chi connectivity index (χ1) is 6.99. The molecule has 0 aliphatic heterocycles. The van der Waals surface area contributed by atoms with Crippen LogP contribution in [0, 0.1) is 0 Å². The highest BCUT2D eigenvalue weighted by Crippen LogP contribution is 2.29. The van der Waals surface area contributed by atoms with E-state index in [1.165, 1.54) is 18.2 Å². The van der Waals surface area contributed by atoms with Gasteiger partial charge in [-0.2, -0.15) is 13.2 Å². The number of halogens is 3. The molecule has 0 amide bonds. The van der Waals surface area contributed by atoms with Crippen molar-refractivity contribution in [3.8, 4) is 0 Å². The molecule has 0 radical (unpaired) electrons. The van der Waals surface area contributed by atoms with Gasteiger partial charge in [-0.3, -0.25) is 5.84 Å². The minimum Gasteiger partial charge on any atom is -0.271 e. The zero-order valence-corrected chi connectivity index (χ0v) is 7.88. The fraction of sp³-hybridized carbons (Fsp3) is 0.200. The predicted octanol–water partition coefficient (Wildman–Crippen LogP) is 2.40. The lowest BCUT2D eigenvalue weighted by molar-refractivity contribution is -0.137. The van der Waals surface area contributed by atoms with Crippen molar-refractivity contribution >= 4 is 0 Å². The summed E-state index contributed by atoms with van der Waals surface area (Å²) < 4.78 is 36.7. The van der Waals surface area contributed by atoms with E-state index < -0.39 is 11.7 Å². The average Bonchev–Trinajstić information content (AvgIpc) is 2.19. The molecule has 1 unspecified atom stereocenters. The Labute approximate surface area is 85.6 Å². The molecule has 0 saturated carbocycles. The first-order valence-electron chi connectivity index (χ1n) is 4.25. The Kier molecular flexibility index (Phi) is 3.49. The third kappa shape index (κ3) is 2.81. The number of alkyl halides is 3. The van der Waals surface area contributed by atoms with Gasteiger partial charge in [0.25, 0.3) is 0 Å². The maximum Gasteiger partial charge on any atom is 0.416 e. The highest BCUT2D eigenvalue weighted by Gasteiger charge is 2.30. The number of hydrogen-bond donors (Lipinski definition) is 2. The van der Waals surface area contributed by atoms with E-state index in [1.54, 1.807) is 0 Å². The van der Waals surface area contributed by atoms with Crippen molar-refractivity contribution in [3.63, 3.8) is 0 Å². The third-order valence-electron chi connectivity index (χ3n) is 2.01. The van der Waals surface area contributed by atoms with Crippen LogP contribution in [0.25, 0.3) is 0 Å². The molecule has 0 spiro atoms. The summed E-state index contributed by atoms with van der Waals surface area (Å²) in [7, 11) is 0. The zero-order valence-electron chi connectivity index (χ0n) is 7.88. The van der Waals surface area contributed by atoms with Gasteiger partial charge in [0.1, 0.15) is 0 Å². The van der Waals surface area contributed by atoms with Gasteiger partial charge in [0.2, 0.25) is 0 Å². The lowest BCUT2D eigenvalue weighted by Crippen LogP contribution is -2.26. The van der Waals surface area contributed by atoms with Crippen LogP contribution < -0.4 is 11.3 Å². The van der Waals surface area contributed by atoms with Gasteiger partial charge in [-0.25, -0.2) is 5.43 Å². The molecule has 0 heterocycles. The van der Waals surface area contributed by atoms with Crippen molar-refractivity contribution in [1.29, 1.82) is 0 Å². The molecule has 0 saturated heterocycles. The van der Waals surface area contributed by atoms with Crippen LogP contribution in [0.4, 0.5) is 13.2 Å². The second-order valence-corrected chi connectivity index (χ2v) is 3.00. The van der Waals surface area contributed by atoms with Gasteiger partial charge in [0, 0.05) is 0 Å². The van der Waals surface area contributed by atoms with Gasteiger partial charge in [-0.05, 0) is 17.7 Å². The second kappa shape index (κ2) is 4.46. The molecule has 1 aromatic carbocycles. The monoisotopic (exact) mass is 216 g/mol. The molecule has 3 N–H and O–H groups in total. The van der Waals surface area contributed by atoms with Crippen molar-refractivity contribution in [2.24, 2.45) is 5.84 Å². The first kappa shape index (κ1) is 11.7. The summed E-state index contributed by atoms with van der Waals surface area (Å²) >= 11 is 0. The lowest BCUT2D eigenvalue weighted by atomic mass is 10.1. The van der Waals surface area contributed by atoms with Crippen LogP contribution in [0.3, 0.4) is 0 Å². The maximum atomic E-state index is 12.2. The van der Waals surface area contributed by atoms with Crippen LogP contribution in [0.5, 0.6) is 0 Å². The lowest BCUT2D eigenvalue weighted by Gasteiger charge is -2.12. The summed E-state index contributed by atoms with van der Waals surface area (Å²) in [5.41, 5.74) is 2.39. The van der Waals surface area contributed by atoms with E-state index in [9.17, 15) is 13.2 Å². The van der Waals surface area contributed by atoms with Crippen molar-refractivity contribution in [3.05, 3.63) is 48.0 Å². The molecule has 1 aromatic rings.